The molecule has 2 N–H and O–H groups in total. The van der Waals surface area contributed by atoms with Crippen LogP contribution in [0.2, 0.25) is 0 Å². The summed E-state index contributed by atoms with van der Waals surface area (Å²) in [6, 6.07) is -0.903. The Hall–Kier alpha value is -1.15. The lowest BCUT2D eigenvalue weighted by molar-refractivity contribution is -0.157. The molecule has 0 spiro atoms. The monoisotopic (exact) mass is 305 g/mol. The molecule has 0 aliphatic carbocycles. The van der Waals surface area contributed by atoms with E-state index in [1.165, 1.54) is 4.90 Å². The minimum Gasteiger partial charge on any atom is -0.342 e. The van der Waals surface area contributed by atoms with Crippen LogP contribution in [0, 0.1) is 0 Å². The molecule has 1 unspecified atom stereocenters. The number of carbonyl (C=O) groups is 2. The molecule has 0 radical (unpaired) electrons. The molecule has 2 amide bonds. The Kier molecular flexibility index (Phi) is 4.81. The molecule has 1 aliphatic heterocycles. The summed E-state index contributed by atoms with van der Waals surface area (Å²) in [5, 5.41) is 0. The predicted octanol–water partition coefficient (Wildman–Crippen LogP) is -1.17. The lowest BCUT2D eigenvalue weighted by Gasteiger charge is -2.45. The Morgan fingerprint density at radius 1 is 1.40 bits per heavy atom. The van der Waals surface area contributed by atoms with Crippen molar-refractivity contribution in [2.75, 3.05) is 32.1 Å². The van der Waals surface area contributed by atoms with E-state index in [2.05, 4.69) is 0 Å². The van der Waals surface area contributed by atoms with Gasteiger partial charge in [0.1, 0.15) is 15.4 Å². The van der Waals surface area contributed by atoms with E-state index in [0.29, 0.717) is 13.1 Å². The molecule has 7 nitrogen and oxygen atoms in total. The van der Waals surface area contributed by atoms with E-state index in [9.17, 15) is 18.0 Å². The molecule has 0 bridgehead atoms. The van der Waals surface area contributed by atoms with Gasteiger partial charge in [0.15, 0.2) is 0 Å². The predicted molar refractivity (Wildman–Crippen MR) is 75.7 cm³/mol. The molecule has 1 saturated heterocycles. The summed E-state index contributed by atoms with van der Waals surface area (Å²) in [4.78, 5) is 27.4. The second kappa shape index (κ2) is 5.69. The Morgan fingerprint density at radius 3 is 2.45 bits per heavy atom. The van der Waals surface area contributed by atoms with Gasteiger partial charge in [0.25, 0.3) is 0 Å². The molecule has 0 saturated carbocycles. The van der Waals surface area contributed by atoms with E-state index < -0.39 is 21.4 Å². The molecule has 0 aromatic carbocycles. The average Bonchev–Trinajstić information content (AvgIpc) is 2.31. The van der Waals surface area contributed by atoms with E-state index in [1.54, 1.807) is 25.8 Å². The van der Waals surface area contributed by atoms with Crippen molar-refractivity contribution in [1.29, 1.82) is 0 Å². The highest BCUT2D eigenvalue weighted by atomic mass is 32.2. The van der Waals surface area contributed by atoms with Crippen molar-refractivity contribution >= 4 is 21.7 Å². The number of carbonyl (C=O) groups excluding carboxylic acids is 2. The molecule has 1 heterocycles. The fourth-order valence-electron chi connectivity index (χ4n) is 2.26. The Morgan fingerprint density at radius 2 is 1.95 bits per heavy atom. The zero-order valence-electron chi connectivity index (χ0n) is 12.4. The quantitative estimate of drug-likeness (QED) is 0.705. The van der Waals surface area contributed by atoms with Crippen molar-refractivity contribution in [3.8, 4) is 0 Å². The number of likely N-dealkylation sites (N-methyl/N-ethyl adjacent to an activating group) is 1. The van der Waals surface area contributed by atoms with Gasteiger partial charge >= 0.3 is 0 Å². The van der Waals surface area contributed by atoms with Gasteiger partial charge in [0.05, 0.1) is 11.8 Å². The van der Waals surface area contributed by atoms with Crippen LogP contribution in [0.15, 0.2) is 0 Å². The molecule has 1 atom stereocenters. The van der Waals surface area contributed by atoms with Crippen molar-refractivity contribution in [3.63, 3.8) is 0 Å². The number of amides is 2. The van der Waals surface area contributed by atoms with Crippen LogP contribution in [0.25, 0.3) is 0 Å². The first-order chi connectivity index (χ1) is 8.97. The van der Waals surface area contributed by atoms with Gasteiger partial charge in [-0.15, -0.1) is 0 Å². The van der Waals surface area contributed by atoms with Crippen molar-refractivity contribution in [3.05, 3.63) is 0 Å². The molecule has 1 rings (SSSR count). The normalized spacial score (nSPS) is 20.9. The van der Waals surface area contributed by atoms with Crippen molar-refractivity contribution in [2.45, 2.75) is 31.8 Å². The van der Waals surface area contributed by atoms with Crippen LogP contribution in [-0.4, -0.2) is 73.8 Å². The van der Waals surface area contributed by atoms with Crippen molar-refractivity contribution in [1.82, 2.24) is 9.80 Å². The van der Waals surface area contributed by atoms with E-state index in [4.69, 9.17) is 5.73 Å². The van der Waals surface area contributed by atoms with Crippen LogP contribution >= 0.6 is 0 Å². The van der Waals surface area contributed by atoms with Gasteiger partial charge in [-0.05, 0) is 20.3 Å². The number of sulfone groups is 1. The maximum atomic E-state index is 12.3. The summed E-state index contributed by atoms with van der Waals surface area (Å²) >= 11 is 0. The summed E-state index contributed by atoms with van der Waals surface area (Å²) in [5.74, 6) is -0.658. The maximum absolute atomic E-state index is 12.3. The highest BCUT2D eigenvalue weighted by Gasteiger charge is 2.44. The summed E-state index contributed by atoms with van der Waals surface area (Å²) in [7, 11) is -1.47. The van der Waals surface area contributed by atoms with E-state index in [0.717, 1.165) is 6.26 Å². The van der Waals surface area contributed by atoms with Gasteiger partial charge in [0.2, 0.25) is 11.8 Å². The zero-order valence-corrected chi connectivity index (χ0v) is 13.2. The third-order valence-electron chi connectivity index (χ3n) is 3.59. The highest BCUT2D eigenvalue weighted by Crippen LogP contribution is 2.22. The second-order valence-electron chi connectivity index (χ2n) is 5.80. The van der Waals surface area contributed by atoms with Gasteiger partial charge in [-0.2, -0.15) is 0 Å². The Labute approximate surface area is 120 Å². The molecular weight excluding hydrogens is 282 g/mol. The molecule has 20 heavy (non-hydrogen) atoms. The van der Waals surface area contributed by atoms with Gasteiger partial charge in [0, 0.05) is 26.4 Å². The minimum absolute atomic E-state index is 0.0638. The van der Waals surface area contributed by atoms with Crippen LogP contribution < -0.4 is 5.73 Å². The Balaban J connectivity index is 2.78. The van der Waals surface area contributed by atoms with Gasteiger partial charge in [-0.25, -0.2) is 8.42 Å². The van der Waals surface area contributed by atoms with Gasteiger partial charge < -0.3 is 15.5 Å². The zero-order chi connectivity index (χ0) is 15.7. The summed E-state index contributed by atoms with van der Waals surface area (Å²) in [5.41, 5.74) is 4.82. The lowest BCUT2D eigenvalue weighted by atomic mass is 9.96. The molecule has 1 aliphatic rings. The average molecular weight is 305 g/mol. The van der Waals surface area contributed by atoms with Crippen LogP contribution in [0.1, 0.15) is 20.3 Å². The molecule has 0 aromatic heterocycles. The smallest absolute Gasteiger partial charge is 0.247 e. The van der Waals surface area contributed by atoms with Crippen LogP contribution in [0.3, 0.4) is 0 Å². The molecule has 116 valence electrons. The number of hydrogen-bond donors (Lipinski definition) is 1. The standard InChI is InChI=1S/C12H23N3O4S/c1-12(2)11(17)14(3)6-7-15(12)10(16)9(13)5-8-20(4,18)19/h9H,5-8,13H2,1-4H3. The first-order valence-corrected chi connectivity index (χ1v) is 8.53. The van der Waals surface area contributed by atoms with Gasteiger partial charge in [-0.3, -0.25) is 9.59 Å². The third kappa shape index (κ3) is 3.69. The van der Waals surface area contributed by atoms with E-state index >= 15 is 0 Å². The second-order valence-corrected chi connectivity index (χ2v) is 8.06. The topological polar surface area (TPSA) is 101 Å². The molecule has 8 heteroatoms. The Bertz CT molecular complexity index is 501. The fourth-order valence-corrected chi connectivity index (χ4v) is 2.95. The van der Waals surface area contributed by atoms with Crippen molar-refractivity contribution in [2.24, 2.45) is 5.73 Å². The lowest BCUT2D eigenvalue weighted by Crippen LogP contribution is -2.65. The van der Waals surface area contributed by atoms with Crippen molar-refractivity contribution < 1.29 is 18.0 Å². The first-order valence-electron chi connectivity index (χ1n) is 6.47. The van der Waals surface area contributed by atoms with Gasteiger partial charge in [-0.1, -0.05) is 0 Å². The molecule has 1 fully saturated rings. The maximum Gasteiger partial charge on any atom is 0.247 e. The molecular formula is C12H23N3O4S. The number of rotatable bonds is 4. The fraction of sp³-hybridized carbons (Fsp3) is 0.833. The number of piperazine rings is 1. The van der Waals surface area contributed by atoms with E-state index in [1.807, 2.05) is 0 Å². The summed E-state index contributed by atoms with van der Waals surface area (Å²) in [6.45, 7) is 4.20. The SMILES string of the molecule is CN1CCN(C(=O)C(N)CCS(C)(=O)=O)C(C)(C)C1=O. The number of nitrogens with zero attached hydrogens (tertiary/aromatic N) is 2. The minimum atomic E-state index is -3.16. The van der Waals surface area contributed by atoms with Crippen LogP contribution in [0.5, 0.6) is 0 Å². The highest BCUT2D eigenvalue weighted by molar-refractivity contribution is 7.90. The number of hydrogen-bond acceptors (Lipinski definition) is 5. The molecule has 0 aromatic rings. The first kappa shape index (κ1) is 16.9. The third-order valence-corrected chi connectivity index (χ3v) is 4.56. The largest absolute Gasteiger partial charge is 0.342 e. The van der Waals surface area contributed by atoms with Crippen LogP contribution in [0.4, 0.5) is 0 Å². The van der Waals surface area contributed by atoms with Crippen LogP contribution in [-0.2, 0) is 19.4 Å². The summed E-state index contributed by atoms with van der Waals surface area (Å²) in [6.07, 6.45) is 1.17. The van der Waals surface area contributed by atoms with E-state index in [-0.39, 0.29) is 24.0 Å². The summed E-state index contributed by atoms with van der Waals surface area (Å²) < 4.78 is 22.2. The number of nitrogens with two attached hydrogens (primary N) is 1.